The maximum absolute atomic E-state index is 4.03. The van der Waals surface area contributed by atoms with Crippen molar-refractivity contribution in [3.8, 4) is 0 Å². The van der Waals surface area contributed by atoms with Crippen molar-refractivity contribution in [1.29, 1.82) is 0 Å². The molecule has 2 aliphatic rings. The Bertz CT molecular complexity index is 421. The zero-order valence-electron chi connectivity index (χ0n) is 13.7. The average molecular weight is 285 g/mol. The number of hydrogen-bond acceptors (Lipinski definition) is 1. The van der Waals surface area contributed by atoms with Crippen LogP contribution in [0.2, 0.25) is 0 Å². The fourth-order valence-corrected chi connectivity index (χ4v) is 4.01. The third-order valence-electron chi connectivity index (χ3n) is 5.62. The first-order valence-electron chi connectivity index (χ1n) is 9.05. The molecule has 3 atom stereocenters. The molecule has 0 amide bonds. The molecule has 2 saturated carbocycles. The van der Waals surface area contributed by atoms with Crippen molar-refractivity contribution >= 4 is 0 Å². The molecular formula is C20H31N. The lowest BCUT2D eigenvalue weighted by Gasteiger charge is -2.26. The molecule has 1 N–H and O–H groups in total. The summed E-state index contributed by atoms with van der Waals surface area (Å²) in [5.41, 5.74) is 1.50. The van der Waals surface area contributed by atoms with Crippen molar-refractivity contribution in [2.75, 3.05) is 0 Å². The van der Waals surface area contributed by atoms with E-state index in [1.807, 2.05) is 0 Å². The van der Waals surface area contributed by atoms with Crippen LogP contribution in [0.25, 0.3) is 0 Å². The zero-order chi connectivity index (χ0) is 14.7. The first-order chi connectivity index (χ1) is 10.2. The topological polar surface area (TPSA) is 12.0 Å². The van der Waals surface area contributed by atoms with Crippen molar-refractivity contribution in [1.82, 2.24) is 5.32 Å². The Kier molecular flexibility index (Phi) is 5.00. The van der Waals surface area contributed by atoms with Crippen LogP contribution in [0.5, 0.6) is 0 Å². The van der Waals surface area contributed by atoms with Crippen molar-refractivity contribution in [2.45, 2.75) is 70.9 Å². The molecule has 0 bridgehead atoms. The van der Waals surface area contributed by atoms with E-state index in [4.69, 9.17) is 0 Å². The van der Waals surface area contributed by atoms with E-state index >= 15 is 0 Å². The average Bonchev–Trinajstić information content (AvgIpc) is 3.32. The summed E-state index contributed by atoms with van der Waals surface area (Å²) in [6.45, 7) is 4.80. The van der Waals surface area contributed by atoms with Crippen LogP contribution in [0, 0.1) is 17.8 Å². The minimum Gasteiger partial charge on any atom is -0.307 e. The van der Waals surface area contributed by atoms with Crippen molar-refractivity contribution < 1.29 is 0 Å². The summed E-state index contributed by atoms with van der Waals surface area (Å²) in [4.78, 5) is 0. The monoisotopic (exact) mass is 285 g/mol. The van der Waals surface area contributed by atoms with Crippen LogP contribution in [-0.4, -0.2) is 6.04 Å². The Hall–Kier alpha value is -0.820. The summed E-state index contributed by atoms with van der Waals surface area (Å²) < 4.78 is 0. The fourth-order valence-electron chi connectivity index (χ4n) is 4.01. The van der Waals surface area contributed by atoms with E-state index < -0.39 is 0 Å². The van der Waals surface area contributed by atoms with E-state index in [2.05, 4.69) is 49.5 Å². The highest BCUT2D eigenvalue weighted by atomic mass is 15.0. The second kappa shape index (κ2) is 6.96. The highest BCUT2D eigenvalue weighted by Crippen LogP contribution is 2.42. The van der Waals surface area contributed by atoms with Crippen molar-refractivity contribution in [2.24, 2.45) is 17.8 Å². The zero-order valence-corrected chi connectivity index (χ0v) is 13.7. The van der Waals surface area contributed by atoms with Crippen LogP contribution >= 0.6 is 0 Å². The minimum atomic E-state index is 0.604. The van der Waals surface area contributed by atoms with E-state index in [-0.39, 0.29) is 0 Å². The lowest BCUT2D eigenvalue weighted by Crippen LogP contribution is -2.33. The molecule has 116 valence electrons. The van der Waals surface area contributed by atoms with Gasteiger partial charge in [-0.05, 0) is 55.4 Å². The molecule has 3 unspecified atom stereocenters. The van der Waals surface area contributed by atoms with Gasteiger partial charge in [-0.25, -0.2) is 0 Å². The van der Waals surface area contributed by atoms with Gasteiger partial charge in [-0.3, -0.25) is 0 Å². The van der Waals surface area contributed by atoms with Gasteiger partial charge >= 0.3 is 0 Å². The fraction of sp³-hybridized carbons (Fsp3) is 0.700. The summed E-state index contributed by atoms with van der Waals surface area (Å²) in [5, 5.41) is 4.03. The number of nitrogens with one attached hydrogen (secondary N) is 1. The van der Waals surface area contributed by atoms with Crippen LogP contribution in [0.4, 0.5) is 0 Å². The van der Waals surface area contributed by atoms with Crippen LogP contribution in [0.1, 0.15) is 70.4 Å². The SMILES string of the molecule is CC(C)C1CCCC(NC(c2ccccc2)C2CC2)CC1. The molecule has 0 radical (unpaired) electrons. The van der Waals surface area contributed by atoms with Gasteiger partial charge in [-0.2, -0.15) is 0 Å². The van der Waals surface area contributed by atoms with Crippen LogP contribution in [0.3, 0.4) is 0 Å². The highest BCUT2D eigenvalue weighted by Gasteiger charge is 2.34. The third-order valence-corrected chi connectivity index (χ3v) is 5.62. The molecule has 0 aliphatic heterocycles. The number of benzene rings is 1. The summed E-state index contributed by atoms with van der Waals surface area (Å²) >= 11 is 0. The molecule has 2 aliphatic carbocycles. The summed E-state index contributed by atoms with van der Waals surface area (Å²) in [6.07, 6.45) is 9.84. The van der Waals surface area contributed by atoms with E-state index in [0.29, 0.717) is 6.04 Å². The lowest BCUT2D eigenvalue weighted by molar-refractivity contribution is 0.330. The summed E-state index contributed by atoms with van der Waals surface area (Å²) in [5.74, 6) is 2.70. The van der Waals surface area contributed by atoms with Gasteiger partial charge in [0.1, 0.15) is 0 Å². The Morgan fingerprint density at radius 2 is 1.57 bits per heavy atom. The molecule has 0 aromatic heterocycles. The Morgan fingerprint density at radius 1 is 0.857 bits per heavy atom. The van der Waals surface area contributed by atoms with Gasteiger partial charge < -0.3 is 5.32 Å². The van der Waals surface area contributed by atoms with Gasteiger partial charge in [0.2, 0.25) is 0 Å². The highest BCUT2D eigenvalue weighted by molar-refractivity contribution is 5.21. The van der Waals surface area contributed by atoms with Crippen molar-refractivity contribution in [3.63, 3.8) is 0 Å². The molecule has 2 fully saturated rings. The predicted octanol–water partition coefficient (Wildman–Crippen LogP) is 5.33. The summed E-state index contributed by atoms with van der Waals surface area (Å²) in [6, 6.07) is 12.5. The van der Waals surface area contributed by atoms with E-state index in [9.17, 15) is 0 Å². The van der Waals surface area contributed by atoms with Crippen LogP contribution < -0.4 is 5.32 Å². The minimum absolute atomic E-state index is 0.604. The maximum atomic E-state index is 4.03. The van der Waals surface area contributed by atoms with E-state index in [1.165, 1.54) is 50.5 Å². The first kappa shape index (κ1) is 15.1. The van der Waals surface area contributed by atoms with Gasteiger partial charge in [-0.15, -0.1) is 0 Å². The standard InChI is InChI=1S/C20H31N/c1-15(2)16-9-6-10-19(14-13-16)21-20(18-11-12-18)17-7-4-3-5-8-17/h3-5,7-8,15-16,18-21H,6,9-14H2,1-2H3. The number of hydrogen-bond donors (Lipinski definition) is 1. The quantitative estimate of drug-likeness (QED) is 0.721. The van der Waals surface area contributed by atoms with Crippen molar-refractivity contribution in [3.05, 3.63) is 35.9 Å². The summed E-state index contributed by atoms with van der Waals surface area (Å²) in [7, 11) is 0. The molecule has 1 heteroatoms. The maximum Gasteiger partial charge on any atom is 0.0351 e. The van der Waals surface area contributed by atoms with Crippen LogP contribution in [0.15, 0.2) is 30.3 Å². The Balaban J connectivity index is 1.61. The van der Waals surface area contributed by atoms with Gasteiger partial charge in [0.15, 0.2) is 0 Å². The Morgan fingerprint density at radius 3 is 2.24 bits per heavy atom. The first-order valence-corrected chi connectivity index (χ1v) is 9.05. The molecule has 0 saturated heterocycles. The van der Waals surface area contributed by atoms with Gasteiger partial charge in [0, 0.05) is 12.1 Å². The molecule has 3 rings (SSSR count). The number of rotatable bonds is 5. The largest absolute Gasteiger partial charge is 0.307 e. The molecule has 21 heavy (non-hydrogen) atoms. The van der Waals surface area contributed by atoms with Gasteiger partial charge in [0.05, 0.1) is 0 Å². The molecule has 1 nitrogen and oxygen atoms in total. The lowest BCUT2D eigenvalue weighted by atomic mass is 9.89. The van der Waals surface area contributed by atoms with E-state index in [0.717, 1.165) is 23.8 Å². The molecule has 0 spiro atoms. The van der Waals surface area contributed by atoms with Gasteiger partial charge in [0.25, 0.3) is 0 Å². The molecular weight excluding hydrogens is 254 g/mol. The second-order valence-electron chi connectivity index (χ2n) is 7.60. The molecule has 1 aromatic rings. The second-order valence-corrected chi connectivity index (χ2v) is 7.60. The molecule has 0 heterocycles. The smallest absolute Gasteiger partial charge is 0.0351 e. The third kappa shape index (κ3) is 4.10. The van der Waals surface area contributed by atoms with Gasteiger partial charge in [-0.1, -0.05) is 57.0 Å². The van der Waals surface area contributed by atoms with Crippen LogP contribution in [-0.2, 0) is 0 Å². The molecule has 1 aromatic carbocycles. The predicted molar refractivity (Wildman–Crippen MR) is 90.2 cm³/mol. The normalized spacial score (nSPS) is 28.3. The Labute approximate surface area is 130 Å². The van der Waals surface area contributed by atoms with E-state index in [1.54, 1.807) is 0 Å².